The van der Waals surface area contributed by atoms with Gasteiger partial charge in [-0.05, 0) is 32.2 Å². The largest absolute Gasteiger partial charge is 0.336 e. The molecule has 1 N–H and O–H groups in total. The van der Waals surface area contributed by atoms with Crippen molar-refractivity contribution in [1.29, 1.82) is 0 Å². The maximum atomic E-state index is 12.0. The summed E-state index contributed by atoms with van der Waals surface area (Å²) in [6.07, 6.45) is 7.22. The zero-order chi connectivity index (χ0) is 10.7. The molecule has 2 aliphatic rings. The second kappa shape index (κ2) is 4.79. The fourth-order valence-electron chi connectivity index (χ4n) is 2.24. The normalized spacial score (nSPS) is 25.2. The molecule has 0 radical (unpaired) electrons. The lowest BCUT2D eigenvalue weighted by Crippen LogP contribution is -2.37. The highest BCUT2D eigenvalue weighted by Crippen LogP contribution is 2.27. The van der Waals surface area contributed by atoms with Gasteiger partial charge in [0.15, 0.2) is 0 Å². The second-order valence-corrected chi connectivity index (χ2v) is 4.56. The third kappa shape index (κ3) is 2.81. The summed E-state index contributed by atoms with van der Waals surface area (Å²) in [7, 11) is 0. The number of rotatable bonds is 5. The van der Waals surface area contributed by atoms with Crippen molar-refractivity contribution in [3.05, 3.63) is 12.7 Å². The van der Waals surface area contributed by atoms with Crippen LogP contribution in [0.4, 0.5) is 0 Å². The lowest BCUT2D eigenvalue weighted by atomic mass is 10.1. The van der Waals surface area contributed by atoms with Crippen LogP contribution in [0.5, 0.6) is 0 Å². The van der Waals surface area contributed by atoms with Crippen molar-refractivity contribution in [3.63, 3.8) is 0 Å². The lowest BCUT2D eigenvalue weighted by Gasteiger charge is -2.22. The van der Waals surface area contributed by atoms with Gasteiger partial charge in [0, 0.05) is 25.0 Å². The van der Waals surface area contributed by atoms with E-state index >= 15 is 0 Å². The first-order valence-corrected chi connectivity index (χ1v) is 5.95. The van der Waals surface area contributed by atoms with Crippen LogP contribution in [-0.4, -0.2) is 36.0 Å². The van der Waals surface area contributed by atoms with Crippen LogP contribution < -0.4 is 5.32 Å². The molecule has 84 valence electrons. The fourth-order valence-corrected chi connectivity index (χ4v) is 2.24. The number of nitrogens with one attached hydrogen (secondary N) is 1. The van der Waals surface area contributed by atoms with Gasteiger partial charge in [-0.1, -0.05) is 6.08 Å². The maximum absolute atomic E-state index is 12.0. The molecule has 0 spiro atoms. The summed E-state index contributed by atoms with van der Waals surface area (Å²) in [5, 5.41) is 3.37. The molecule has 2 fully saturated rings. The molecule has 1 saturated heterocycles. The van der Waals surface area contributed by atoms with Crippen molar-refractivity contribution in [2.45, 2.75) is 44.2 Å². The van der Waals surface area contributed by atoms with Gasteiger partial charge in [0.05, 0.1) is 0 Å². The van der Waals surface area contributed by atoms with Gasteiger partial charge in [0.1, 0.15) is 0 Å². The Morgan fingerprint density at radius 3 is 2.80 bits per heavy atom. The average Bonchev–Trinajstić information content (AvgIpc) is 2.93. The van der Waals surface area contributed by atoms with Crippen molar-refractivity contribution in [1.82, 2.24) is 10.2 Å². The number of carbonyl (C=O) groups is 1. The smallest absolute Gasteiger partial charge is 0.224 e. The van der Waals surface area contributed by atoms with Gasteiger partial charge >= 0.3 is 0 Å². The summed E-state index contributed by atoms with van der Waals surface area (Å²) in [5.74, 6) is 0.303. The molecule has 3 nitrogen and oxygen atoms in total. The number of hydrogen-bond acceptors (Lipinski definition) is 2. The average molecular weight is 208 g/mol. The van der Waals surface area contributed by atoms with Gasteiger partial charge in [-0.2, -0.15) is 0 Å². The predicted octanol–water partition coefficient (Wildman–Crippen LogP) is 1.31. The van der Waals surface area contributed by atoms with Crippen molar-refractivity contribution in [2.24, 2.45) is 0 Å². The van der Waals surface area contributed by atoms with Crippen LogP contribution in [0.15, 0.2) is 12.7 Å². The lowest BCUT2D eigenvalue weighted by molar-refractivity contribution is -0.131. The minimum Gasteiger partial charge on any atom is -0.336 e. The quantitative estimate of drug-likeness (QED) is 0.691. The van der Waals surface area contributed by atoms with E-state index in [4.69, 9.17) is 0 Å². The summed E-state index contributed by atoms with van der Waals surface area (Å²) < 4.78 is 0. The van der Waals surface area contributed by atoms with Crippen LogP contribution in [-0.2, 0) is 4.79 Å². The van der Waals surface area contributed by atoms with E-state index in [1.807, 2.05) is 11.0 Å². The Morgan fingerprint density at radius 1 is 1.47 bits per heavy atom. The minimum atomic E-state index is 0.303. The Kier molecular flexibility index (Phi) is 3.41. The molecular formula is C12H20N2O. The van der Waals surface area contributed by atoms with E-state index in [9.17, 15) is 4.79 Å². The highest BCUT2D eigenvalue weighted by molar-refractivity contribution is 5.77. The summed E-state index contributed by atoms with van der Waals surface area (Å²) in [6.45, 7) is 5.51. The molecule has 15 heavy (non-hydrogen) atoms. The zero-order valence-corrected chi connectivity index (χ0v) is 9.24. The van der Waals surface area contributed by atoms with Crippen molar-refractivity contribution >= 4 is 5.91 Å². The minimum absolute atomic E-state index is 0.303. The van der Waals surface area contributed by atoms with Crippen molar-refractivity contribution in [3.8, 4) is 0 Å². The maximum Gasteiger partial charge on any atom is 0.224 e. The summed E-state index contributed by atoms with van der Waals surface area (Å²) in [6, 6.07) is 0.931. The summed E-state index contributed by atoms with van der Waals surface area (Å²) >= 11 is 0. The van der Waals surface area contributed by atoms with Gasteiger partial charge in [0.2, 0.25) is 5.91 Å². The van der Waals surface area contributed by atoms with E-state index in [0.717, 1.165) is 19.5 Å². The number of nitrogens with zero attached hydrogens (tertiary/aromatic N) is 1. The molecule has 1 saturated carbocycles. The van der Waals surface area contributed by atoms with Gasteiger partial charge < -0.3 is 10.2 Å². The van der Waals surface area contributed by atoms with Crippen LogP contribution >= 0.6 is 0 Å². The molecule has 1 heterocycles. The van der Waals surface area contributed by atoms with E-state index in [-0.39, 0.29) is 0 Å². The Balaban J connectivity index is 1.83. The van der Waals surface area contributed by atoms with Crippen LogP contribution in [0.3, 0.4) is 0 Å². The first-order valence-electron chi connectivity index (χ1n) is 5.95. The molecule has 1 unspecified atom stereocenters. The molecule has 0 aromatic heterocycles. The van der Waals surface area contributed by atoms with Crippen molar-refractivity contribution in [2.75, 3.05) is 13.1 Å². The van der Waals surface area contributed by atoms with E-state index < -0.39 is 0 Å². The Morgan fingerprint density at radius 2 is 2.27 bits per heavy atom. The predicted molar refractivity (Wildman–Crippen MR) is 60.6 cm³/mol. The molecule has 0 aromatic rings. The van der Waals surface area contributed by atoms with E-state index in [0.29, 0.717) is 24.4 Å². The van der Waals surface area contributed by atoms with Crippen LogP contribution in [0, 0.1) is 0 Å². The standard InChI is InChI=1S/C12H20N2O/c1-2-8-14(11-5-6-11)12(15)9-10-4-3-7-13-10/h2,10-11,13H,1,3-9H2. The van der Waals surface area contributed by atoms with E-state index in [1.54, 1.807) is 0 Å². The highest BCUT2D eigenvalue weighted by atomic mass is 16.2. The fraction of sp³-hybridized carbons (Fsp3) is 0.750. The first kappa shape index (κ1) is 10.7. The molecule has 2 rings (SSSR count). The summed E-state index contributed by atoms with van der Waals surface area (Å²) in [5.41, 5.74) is 0. The van der Waals surface area contributed by atoms with E-state index in [2.05, 4.69) is 11.9 Å². The van der Waals surface area contributed by atoms with Gasteiger partial charge in [-0.15, -0.1) is 6.58 Å². The van der Waals surface area contributed by atoms with Crippen LogP contribution in [0.2, 0.25) is 0 Å². The Hall–Kier alpha value is -0.830. The number of carbonyl (C=O) groups excluding carboxylic acids is 1. The third-order valence-corrected chi connectivity index (χ3v) is 3.22. The molecule has 1 aliphatic heterocycles. The zero-order valence-electron chi connectivity index (χ0n) is 9.24. The number of amides is 1. The van der Waals surface area contributed by atoms with Crippen LogP contribution in [0.25, 0.3) is 0 Å². The van der Waals surface area contributed by atoms with Gasteiger partial charge in [-0.3, -0.25) is 4.79 Å². The van der Waals surface area contributed by atoms with Gasteiger partial charge in [-0.25, -0.2) is 0 Å². The van der Waals surface area contributed by atoms with Crippen LogP contribution in [0.1, 0.15) is 32.1 Å². The molecular weight excluding hydrogens is 188 g/mol. The molecule has 0 bridgehead atoms. The third-order valence-electron chi connectivity index (χ3n) is 3.22. The Bertz CT molecular complexity index is 242. The van der Waals surface area contributed by atoms with Crippen molar-refractivity contribution < 1.29 is 4.79 Å². The Labute approximate surface area is 91.5 Å². The monoisotopic (exact) mass is 208 g/mol. The molecule has 1 amide bonds. The first-order chi connectivity index (χ1) is 7.31. The highest BCUT2D eigenvalue weighted by Gasteiger charge is 2.32. The molecule has 3 heteroatoms. The summed E-state index contributed by atoms with van der Waals surface area (Å²) in [4.78, 5) is 14.0. The second-order valence-electron chi connectivity index (χ2n) is 4.56. The SMILES string of the molecule is C=CCN(C(=O)CC1CCCN1)C1CC1. The molecule has 1 aliphatic carbocycles. The van der Waals surface area contributed by atoms with E-state index in [1.165, 1.54) is 19.3 Å². The van der Waals surface area contributed by atoms with Gasteiger partial charge in [0.25, 0.3) is 0 Å². The number of hydrogen-bond donors (Lipinski definition) is 1. The molecule has 1 atom stereocenters. The molecule has 0 aromatic carbocycles. The topological polar surface area (TPSA) is 32.3 Å².